The second-order valence-electron chi connectivity index (χ2n) is 11.0. The summed E-state index contributed by atoms with van der Waals surface area (Å²) in [6, 6.07) is 31.9. The Labute approximate surface area is 291 Å². The molecule has 1 amide bonds. The standard InChI is InChI=1S/C35H31Cl3N2O4S2/c1-21-29(20-45-34-40-28-8-4-5-9-30(28)46-34)43-32(44-31(21)24-12-10-22(19-41)11-13-24)25-16-14-23(15-17-25)27-7-3-2-6-26(27)18-39-33(42)35(36,37)38/h2-17,21,29,31-32,41H,18-20H2,1H3,(H,39,42)/t21-,29+,31+,32+/m0/s1. The van der Waals surface area contributed by atoms with Crippen LogP contribution in [0.25, 0.3) is 21.3 Å². The summed E-state index contributed by atoms with van der Waals surface area (Å²) < 4.78 is 13.4. The maximum Gasteiger partial charge on any atom is 0.272 e. The van der Waals surface area contributed by atoms with Crippen LogP contribution in [0.4, 0.5) is 0 Å². The lowest BCUT2D eigenvalue weighted by Crippen LogP contribution is -2.38. The average Bonchev–Trinajstić information content (AvgIpc) is 3.50. The van der Waals surface area contributed by atoms with Crippen molar-refractivity contribution in [3.8, 4) is 11.1 Å². The van der Waals surface area contributed by atoms with Crippen molar-refractivity contribution in [1.82, 2.24) is 10.3 Å². The molecule has 2 N–H and O–H groups in total. The van der Waals surface area contributed by atoms with Crippen molar-refractivity contribution >= 4 is 74.0 Å². The minimum atomic E-state index is -2.03. The van der Waals surface area contributed by atoms with Gasteiger partial charge in [-0.2, -0.15) is 0 Å². The van der Waals surface area contributed by atoms with E-state index >= 15 is 0 Å². The Hall–Kier alpha value is -2.66. The zero-order chi connectivity index (χ0) is 32.3. The molecule has 0 saturated carbocycles. The Morgan fingerprint density at radius 1 is 0.935 bits per heavy atom. The quantitative estimate of drug-likeness (QED) is 0.117. The third-order valence-corrected chi connectivity index (χ3v) is 10.8. The number of thiazole rings is 1. The van der Waals surface area contributed by atoms with Gasteiger partial charge in [0.15, 0.2) is 10.6 Å². The number of carbonyl (C=O) groups is 1. The summed E-state index contributed by atoms with van der Waals surface area (Å²) in [5, 5.41) is 12.3. The molecule has 4 aromatic carbocycles. The smallest absolute Gasteiger partial charge is 0.272 e. The van der Waals surface area contributed by atoms with Gasteiger partial charge >= 0.3 is 0 Å². The van der Waals surface area contributed by atoms with Crippen molar-refractivity contribution < 1.29 is 19.4 Å². The lowest BCUT2D eigenvalue weighted by Gasteiger charge is -2.41. The molecule has 5 aromatic rings. The van der Waals surface area contributed by atoms with Crippen LogP contribution < -0.4 is 5.32 Å². The Bertz CT molecular complexity index is 1760. The Morgan fingerprint density at radius 2 is 1.63 bits per heavy atom. The van der Waals surface area contributed by atoms with Gasteiger partial charge in [0, 0.05) is 23.8 Å². The number of aromatic nitrogens is 1. The van der Waals surface area contributed by atoms with Gasteiger partial charge in [-0.1, -0.05) is 138 Å². The second-order valence-corrected chi connectivity index (χ2v) is 15.6. The number of halogens is 3. The number of nitrogens with zero attached hydrogens (tertiary/aromatic N) is 1. The van der Waals surface area contributed by atoms with E-state index in [9.17, 15) is 9.90 Å². The average molecular weight is 714 g/mol. The number of benzene rings is 4. The number of fused-ring (bicyclic) bond motifs is 1. The molecular formula is C35H31Cl3N2O4S2. The highest BCUT2D eigenvalue weighted by molar-refractivity contribution is 8.01. The van der Waals surface area contributed by atoms with Gasteiger partial charge < -0.3 is 19.9 Å². The highest BCUT2D eigenvalue weighted by Crippen LogP contribution is 2.44. The number of amides is 1. The molecule has 0 aliphatic carbocycles. The maximum absolute atomic E-state index is 12.1. The number of hydrogen-bond acceptors (Lipinski definition) is 7. The van der Waals surface area contributed by atoms with Crippen LogP contribution in [0, 0.1) is 5.92 Å². The highest BCUT2D eigenvalue weighted by Gasteiger charge is 2.38. The number of rotatable bonds is 9. The number of aliphatic hydroxyl groups is 1. The van der Waals surface area contributed by atoms with Gasteiger partial charge in [-0.05, 0) is 39.9 Å². The number of thioether (sulfide) groups is 1. The molecule has 1 fully saturated rings. The molecule has 0 unspecified atom stereocenters. The second kappa shape index (κ2) is 14.6. The first-order valence-corrected chi connectivity index (χ1v) is 17.7. The molecule has 4 atom stereocenters. The van der Waals surface area contributed by atoms with E-state index in [0.29, 0.717) is 0 Å². The van der Waals surface area contributed by atoms with Gasteiger partial charge in [-0.25, -0.2) is 4.98 Å². The third-order valence-electron chi connectivity index (χ3n) is 7.98. The first-order valence-electron chi connectivity index (χ1n) is 14.7. The fourth-order valence-electron chi connectivity index (χ4n) is 5.43. The van der Waals surface area contributed by atoms with Gasteiger partial charge in [-0.3, -0.25) is 4.79 Å². The summed E-state index contributed by atoms with van der Waals surface area (Å²) in [5.41, 5.74) is 6.58. The monoisotopic (exact) mass is 712 g/mol. The summed E-state index contributed by atoms with van der Waals surface area (Å²) >= 11 is 20.6. The van der Waals surface area contributed by atoms with E-state index in [-0.39, 0.29) is 31.3 Å². The van der Waals surface area contributed by atoms with Crippen LogP contribution in [-0.4, -0.2) is 31.6 Å². The maximum atomic E-state index is 12.1. The van der Waals surface area contributed by atoms with Crippen molar-refractivity contribution in [2.24, 2.45) is 5.92 Å². The molecule has 6 nitrogen and oxygen atoms in total. The van der Waals surface area contributed by atoms with Crippen LogP contribution in [0.3, 0.4) is 0 Å². The first kappa shape index (κ1) is 33.2. The largest absolute Gasteiger partial charge is 0.392 e. The van der Waals surface area contributed by atoms with E-state index in [1.807, 2.05) is 91.0 Å². The molecule has 6 rings (SSSR count). The van der Waals surface area contributed by atoms with Crippen molar-refractivity contribution in [2.75, 3.05) is 5.75 Å². The van der Waals surface area contributed by atoms with E-state index in [4.69, 9.17) is 49.3 Å². The fourth-order valence-corrected chi connectivity index (χ4v) is 7.89. The van der Waals surface area contributed by atoms with Gasteiger partial charge in [0.1, 0.15) is 0 Å². The molecule has 238 valence electrons. The van der Waals surface area contributed by atoms with Crippen LogP contribution in [0.5, 0.6) is 0 Å². The molecule has 1 aliphatic rings. The van der Waals surface area contributed by atoms with E-state index < -0.39 is 16.0 Å². The lowest BCUT2D eigenvalue weighted by atomic mass is 9.91. The Balaban J connectivity index is 1.23. The highest BCUT2D eigenvalue weighted by atomic mass is 35.6. The molecule has 1 aromatic heterocycles. The summed E-state index contributed by atoms with van der Waals surface area (Å²) in [4.78, 5) is 16.9. The summed E-state index contributed by atoms with van der Waals surface area (Å²) in [6.45, 7) is 2.36. The topological polar surface area (TPSA) is 80.7 Å². The molecule has 11 heteroatoms. The molecule has 1 aliphatic heterocycles. The summed E-state index contributed by atoms with van der Waals surface area (Å²) in [7, 11) is 0. The van der Waals surface area contributed by atoms with Crippen molar-refractivity contribution in [2.45, 2.75) is 46.7 Å². The molecule has 0 spiro atoms. The van der Waals surface area contributed by atoms with Gasteiger partial charge in [0.2, 0.25) is 0 Å². The van der Waals surface area contributed by atoms with E-state index in [1.165, 1.54) is 4.70 Å². The predicted molar refractivity (Wildman–Crippen MR) is 187 cm³/mol. The lowest BCUT2D eigenvalue weighted by molar-refractivity contribution is -0.268. The third kappa shape index (κ3) is 7.72. The summed E-state index contributed by atoms with van der Waals surface area (Å²) in [5.74, 6) is 0.101. The minimum absolute atomic E-state index is 0.0106. The predicted octanol–water partition coefficient (Wildman–Crippen LogP) is 9.03. The molecule has 2 heterocycles. The van der Waals surface area contributed by atoms with Crippen LogP contribution in [0.2, 0.25) is 0 Å². The normalized spacial score (nSPS) is 20.1. The van der Waals surface area contributed by atoms with Crippen molar-refractivity contribution in [3.05, 3.63) is 119 Å². The molecular weight excluding hydrogens is 683 g/mol. The SMILES string of the molecule is C[C@H]1[C@@H](CSc2nc3ccccc3s2)O[C@@H](c2ccc(-c3ccccc3CNC(=O)C(Cl)(Cl)Cl)cc2)O[C@H]1c1ccc(CO)cc1. The molecule has 46 heavy (non-hydrogen) atoms. The van der Waals surface area contributed by atoms with Crippen LogP contribution >= 0.6 is 57.9 Å². The fraction of sp³-hybridized carbons (Fsp3) is 0.257. The molecule has 0 bridgehead atoms. The van der Waals surface area contributed by atoms with Crippen LogP contribution in [-0.2, 0) is 27.4 Å². The van der Waals surface area contributed by atoms with Gasteiger partial charge in [0.25, 0.3) is 9.70 Å². The van der Waals surface area contributed by atoms with Gasteiger partial charge in [0.05, 0.1) is 29.0 Å². The molecule has 0 radical (unpaired) electrons. The van der Waals surface area contributed by atoms with E-state index in [0.717, 1.165) is 49.0 Å². The van der Waals surface area contributed by atoms with Crippen molar-refractivity contribution in [3.63, 3.8) is 0 Å². The summed E-state index contributed by atoms with van der Waals surface area (Å²) in [6.07, 6.45) is -0.915. The number of hydrogen-bond donors (Lipinski definition) is 2. The van der Waals surface area contributed by atoms with Gasteiger partial charge in [-0.15, -0.1) is 11.3 Å². The Kier molecular flexibility index (Phi) is 10.6. The van der Waals surface area contributed by atoms with Crippen LogP contribution in [0.15, 0.2) is 101 Å². The zero-order valence-electron chi connectivity index (χ0n) is 24.7. The van der Waals surface area contributed by atoms with E-state index in [2.05, 4.69) is 18.3 Å². The number of aliphatic hydroxyl groups excluding tert-OH is 1. The van der Waals surface area contributed by atoms with Crippen LogP contribution in [0.1, 0.15) is 41.6 Å². The number of alkyl halides is 3. The number of carbonyl (C=O) groups excluding carboxylic acids is 1. The Morgan fingerprint density at radius 3 is 2.35 bits per heavy atom. The zero-order valence-corrected chi connectivity index (χ0v) is 28.6. The van der Waals surface area contributed by atoms with Crippen molar-refractivity contribution in [1.29, 1.82) is 0 Å². The first-order chi connectivity index (χ1) is 22.2. The number of ether oxygens (including phenoxy) is 2. The van der Waals surface area contributed by atoms with E-state index in [1.54, 1.807) is 23.1 Å². The number of nitrogens with one attached hydrogen (secondary N) is 1. The molecule has 1 saturated heterocycles. The minimum Gasteiger partial charge on any atom is -0.392 e. The number of para-hydroxylation sites is 1.